The quantitative estimate of drug-likeness (QED) is 0.220. The molecule has 2 heterocycles. The second-order valence-corrected chi connectivity index (χ2v) is 12.6. The van der Waals surface area contributed by atoms with E-state index in [1.54, 1.807) is 18.7 Å². The van der Waals surface area contributed by atoms with Crippen molar-refractivity contribution >= 4 is 17.3 Å². The number of methoxy groups -OCH3 is 1. The first-order valence-corrected chi connectivity index (χ1v) is 14.5. The van der Waals surface area contributed by atoms with Crippen molar-refractivity contribution in [2.45, 2.75) is 56.4 Å². The Balaban J connectivity index is 1.25. The van der Waals surface area contributed by atoms with Crippen molar-refractivity contribution in [2.75, 3.05) is 53.0 Å². The second kappa shape index (κ2) is 12.9. The number of allylic oxidation sites excluding steroid dienone is 1. The number of carbonyl (C=O) groups excluding carboxylic acids is 1. The maximum absolute atomic E-state index is 13.1. The first-order chi connectivity index (χ1) is 17.8. The zero-order chi connectivity index (χ0) is 26.4. The molecule has 4 rings (SSSR count). The van der Waals surface area contributed by atoms with Crippen molar-refractivity contribution in [1.82, 2.24) is 19.6 Å². The Bertz CT molecular complexity index is 959. The van der Waals surface area contributed by atoms with Crippen molar-refractivity contribution in [3.05, 3.63) is 59.2 Å². The number of nitrogens with zero attached hydrogens (tertiary/aromatic N) is 3. The summed E-state index contributed by atoms with van der Waals surface area (Å²) in [6.07, 6.45) is 8.43. The molecule has 0 saturated carbocycles. The molecule has 3 unspecified atom stereocenters. The Morgan fingerprint density at radius 1 is 1.14 bits per heavy atom. The monoisotopic (exact) mass is 530 g/mol. The van der Waals surface area contributed by atoms with E-state index in [2.05, 4.69) is 60.1 Å². The van der Waals surface area contributed by atoms with Crippen LogP contribution in [0.3, 0.4) is 0 Å². The van der Waals surface area contributed by atoms with E-state index in [1.807, 2.05) is 4.31 Å². The number of benzene rings is 1. The van der Waals surface area contributed by atoms with Gasteiger partial charge in [-0.15, -0.1) is 4.31 Å². The third-order valence-corrected chi connectivity index (χ3v) is 9.69. The number of carbonyl (C=O) groups is 1. The van der Waals surface area contributed by atoms with E-state index >= 15 is 0 Å². The van der Waals surface area contributed by atoms with E-state index in [1.165, 1.54) is 11.1 Å². The van der Waals surface area contributed by atoms with E-state index in [-0.39, 0.29) is 10.8 Å². The predicted octanol–water partition coefficient (Wildman–Crippen LogP) is 2.83. The topological polar surface area (TPSA) is 91.3 Å². The van der Waals surface area contributed by atoms with Gasteiger partial charge >= 0.3 is 0 Å². The molecule has 9 heteroatoms. The summed E-state index contributed by atoms with van der Waals surface area (Å²) in [6, 6.07) is 9.02. The van der Waals surface area contributed by atoms with E-state index in [0.717, 1.165) is 52.2 Å². The van der Waals surface area contributed by atoms with Crippen molar-refractivity contribution in [3.63, 3.8) is 0 Å². The van der Waals surface area contributed by atoms with Crippen LogP contribution < -0.4 is 5.48 Å². The maximum atomic E-state index is 13.1. The highest BCUT2D eigenvalue weighted by Crippen LogP contribution is 2.32. The molecule has 2 aliphatic heterocycles. The molecule has 1 saturated heterocycles. The number of nitrogens with one attached hydrogen (secondary N) is 1. The summed E-state index contributed by atoms with van der Waals surface area (Å²) in [5, 5.41) is 8.80. The largest absolute Gasteiger partial charge is 0.597 e. The van der Waals surface area contributed by atoms with Crippen molar-refractivity contribution in [1.29, 1.82) is 0 Å². The van der Waals surface area contributed by atoms with Gasteiger partial charge in [0.2, 0.25) is 0 Å². The highest BCUT2D eigenvalue weighted by Gasteiger charge is 2.33. The maximum Gasteiger partial charge on any atom is 0.270 e. The zero-order valence-electron chi connectivity index (χ0n) is 22.4. The first-order valence-electron chi connectivity index (χ1n) is 13.3. The molecule has 37 heavy (non-hydrogen) atoms. The fourth-order valence-electron chi connectivity index (χ4n) is 5.61. The molecule has 0 bridgehead atoms. The lowest BCUT2D eigenvalue weighted by molar-refractivity contribution is -0.125. The third kappa shape index (κ3) is 7.23. The van der Waals surface area contributed by atoms with Gasteiger partial charge in [0.15, 0.2) is 5.25 Å². The number of rotatable bonds is 9. The van der Waals surface area contributed by atoms with Gasteiger partial charge in [-0.05, 0) is 43.9 Å². The number of hydrogen-bond acceptors (Lipinski definition) is 7. The van der Waals surface area contributed by atoms with Crippen LogP contribution in [0.15, 0.2) is 48.1 Å². The number of ether oxygens (including phenoxy) is 1. The summed E-state index contributed by atoms with van der Waals surface area (Å²) < 4.78 is 20.4. The molecule has 2 N–H and O–H groups in total. The summed E-state index contributed by atoms with van der Waals surface area (Å²) in [6.45, 7) is 11.5. The second-order valence-electron chi connectivity index (χ2n) is 10.9. The minimum atomic E-state index is -1.12. The minimum Gasteiger partial charge on any atom is -0.597 e. The van der Waals surface area contributed by atoms with Gasteiger partial charge in [0.1, 0.15) is 0 Å². The molecule has 0 spiro atoms. The standard InChI is InChI=1S/C28H42N4O4S/c1-28(2,21-36-3)31-18-16-30(17-19-31)20-22-4-6-23(7-5-22)24-8-10-26(11-9-24)37(35)32-14-12-25(13-15-32)27(33)29-34/h4-8,10,12,24,26,34H,9,11,13-21H2,1-3H3,(H,29,33). The van der Waals surface area contributed by atoms with Gasteiger partial charge in [-0.25, -0.2) is 5.48 Å². The average molecular weight is 531 g/mol. The SMILES string of the molecule is COCC(C)(C)N1CCN(Cc2ccc(C3C=CC([S+]([O-])N4CC=C(C(=O)NO)CC4)CC3)cc2)CC1. The lowest BCUT2D eigenvalue weighted by Crippen LogP contribution is -2.56. The van der Waals surface area contributed by atoms with Crippen LogP contribution in [0.1, 0.15) is 50.2 Å². The Kier molecular flexibility index (Phi) is 9.85. The number of amides is 1. The van der Waals surface area contributed by atoms with Gasteiger partial charge in [-0.3, -0.25) is 19.8 Å². The van der Waals surface area contributed by atoms with Crippen LogP contribution in [0.5, 0.6) is 0 Å². The Labute approximate surface area is 224 Å². The van der Waals surface area contributed by atoms with Crippen LogP contribution in [0.4, 0.5) is 0 Å². The molecule has 1 aliphatic carbocycles. The van der Waals surface area contributed by atoms with Crippen molar-refractivity contribution in [3.8, 4) is 0 Å². The van der Waals surface area contributed by atoms with Gasteiger partial charge in [-0.1, -0.05) is 36.4 Å². The molecule has 1 fully saturated rings. The summed E-state index contributed by atoms with van der Waals surface area (Å²) in [7, 11) is 1.77. The number of piperazine rings is 1. The van der Waals surface area contributed by atoms with Crippen molar-refractivity contribution in [2.24, 2.45) is 0 Å². The average Bonchev–Trinajstić information content (AvgIpc) is 2.93. The van der Waals surface area contributed by atoms with Crippen LogP contribution in [0, 0.1) is 0 Å². The number of hydroxylamine groups is 1. The fraction of sp³-hybridized carbons (Fsp3) is 0.607. The molecule has 0 aromatic heterocycles. The zero-order valence-corrected chi connectivity index (χ0v) is 23.2. The summed E-state index contributed by atoms with van der Waals surface area (Å²) in [5.74, 6) is -0.114. The molecular weight excluding hydrogens is 488 g/mol. The van der Waals surface area contributed by atoms with Crippen LogP contribution in [-0.4, -0.2) is 93.5 Å². The Morgan fingerprint density at radius 2 is 1.86 bits per heavy atom. The minimum absolute atomic E-state index is 0.00433. The summed E-state index contributed by atoms with van der Waals surface area (Å²) in [4.78, 5) is 16.6. The van der Waals surface area contributed by atoms with E-state index in [4.69, 9.17) is 9.94 Å². The summed E-state index contributed by atoms with van der Waals surface area (Å²) in [5.41, 5.74) is 4.96. The molecule has 8 nitrogen and oxygen atoms in total. The normalized spacial score (nSPS) is 25.1. The van der Waals surface area contributed by atoms with Crippen LogP contribution in [0.25, 0.3) is 0 Å². The highest BCUT2D eigenvalue weighted by atomic mass is 32.2. The van der Waals surface area contributed by atoms with Gasteiger partial charge in [-0.2, -0.15) is 0 Å². The van der Waals surface area contributed by atoms with Crippen LogP contribution in [-0.2, 0) is 27.4 Å². The molecule has 1 aromatic carbocycles. The van der Waals surface area contributed by atoms with Gasteiger partial charge in [0.05, 0.1) is 13.2 Å². The summed E-state index contributed by atoms with van der Waals surface area (Å²) >= 11 is -1.12. The van der Waals surface area contributed by atoms with E-state index < -0.39 is 17.3 Å². The fourth-order valence-corrected chi connectivity index (χ4v) is 7.05. The molecule has 3 atom stereocenters. The van der Waals surface area contributed by atoms with Gasteiger partial charge in [0, 0.05) is 81.2 Å². The molecule has 204 valence electrons. The molecular formula is C28H42N4O4S. The first kappa shape index (κ1) is 28.3. The van der Waals surface area contributed by atoms with E-state index in [9.17, 15) is 9.35 Å². The Hall–Kier alpha value is -1.72. The lowest BCUT2D eigenvalue weighted by atomic mass is 9.89. The van der Waals surface area contributed by atoms with Crippen LogP contribution >= 0.6 is 0 Å². The smallest absolute Gasteiger partial charge is 0.270 e. The van der Waals surface area contributed by atoms with Crippen LogP contribution in [0.2, 0.25) is 0 Å². The van der Waals surface area contributed by atoms with E-state index in [0.29, 0.717) is 31.0 Å². The predicted molar refractivity (Wildman–Crippen MR) is 146 cm³/mol. The van der Waals surface area contributed by atoms with Gasteiger partial charge in [0.25, 0.3) is 5.91 Å². The Morgan fingerprint density at radius 3 is 2.43 bits per heavy atom. The van der Waals surface area contributed by atoms with Gasteiger partial charge < -0.3 is 9.29 Å². The molecule has 3 aliphatic rings. The number of hydrogen-bond donors (Lipinski definition) is 2. The lowest BCUT2D eigenvalue weighted by Gasteiger charge is -2.43. The molecule has 0 radical (unpaired) electrons. The molecule has 1 aromatic rings. The molecule has 1 amide bonds. The highest BCUT2D eigenvalue weighted by molar-refractivity contribution is 7.89. The third-order valence-electron chi connectivity index (χ3n) is 7.94. The van der Waals surface area contributed by atoms with Crippen molar-refractivity contribution < 1.29 is 19.3 Å².